The summed E-state index contributed by atoms with van der Waals surface area (Å²) in [6.07, 6.45) is 3.03. The van der Waals surface area contributed by atoms with E-state index < -0.39 is 6.04 Å². The van der Waals surface area contributed by atoms with Crippen molar-refractivity contribution >= 4 is 34.1 Å². The van der Waals surface area contributed by atoms with Crippen molar-refractivity contribution in [3.63, 3.8) is 0 Å². The van der Waals surface area contributed by atoms with Crippen LogP contribution in [0.15, 0.2) is 88.7 Å². The zero-order valence-electron chi connectivity index (χ0n) is 19.1. The molecule has 0 spiro atoms. The molecule has 2 heterocycles. The van der Waals surface area contributed by atoms with Gasteiger partial charge in [0.05, 0.1) is 5.03 Å². The monoisotopic (exact) mass is 466 g/mol. The zero-order chi connectivity index (χ0) is 23.2. The summed E-state index contributed by atoms with van der Waals surface area (Å²) < 4.78 is 1.77. The van der Waals surface area contributed by atoms with Crippen LogP contribution in [0.3, 0.4) is 0 Å². The van der Waals surface area contributed by atoms with Gasteiger partial charge in [0.2, 0.25) is 0 Å². The summed E-state index contributed by atoms with van der Waals surface area (Å²) in [4.78, 5) is 28.5. The van der Waals surface area contributed by atoms with Crippen molar-refractivity contribution in [2.45, 2.75) is 36.2 Å². The summed E-state index contributed by atoms with van der Waals surface area (Å²) in [5, 5.41) is 3.46. The summed E-state index contributed by atoms with van der Waals surface area (Å²) >= 11 is 1.67. The molecule has 170 valence electrons. The lowest BCUT2D eigenvalue weighted by Gasteiger charge is -2.23. The van der Waals surface area contributed by atoms with Crippen molar-refractivity contribution in [2.75, 3.05) is 17.7 Å². The largest absolute Gasteiger partial charge is 0.314 e. The number of para-hydroxylation sites is 1. The van der Waals surface area contributed by atoms with Crippen LogP contribution in [-0.4, -0.2) is 23.3 Å². The highest BCUT2D eigenvalue weighted by Crippen LogP contribution is 2.49. The predicted molar refractivity (Wildman–Crippen MR) is 139 cm³/mol. The topological polar surface area (TPSA) is 42.3 Å². The summed E-state index contributed by atoms with van der Waals surface area (Å²) in [6.45, 7) is 0. The summed E-state index contributed by atoms with van der Waals surface area (Å²) in [5.74, 6) is 1.05. The third-order valence-electron chi connectivity index (χ3n) is 7.03. The molecule has 1 aromatic heterocycles. The third kappa shape index (κ3) is 3.64. The second kappa shape index (κ2) is 8.48. The first-order chi connectivity index (χ1) is 16.6. The van der Waals surface area contributed by atoms with Gasteiger partial charge in [0.25, 0.3) is 11.5 Å². The van der Waals surface area contributed by atoms with Gasteiger partial charge in [0.1, 0.15) is 6.04 Å². The summed E-state index contributed by atoms with van der Waals surface area (Å²) in [5.41, 5.74) is 4.42. The first-order valence-electron chi connectivity index (χ1n) is 11.8. The van der Waals surface area contributed by atoms with Gasteiger partial charge in [0, 0.05) is 24.6 Å². The van der Waals surface area contributed by atoms with E-state index in [1.54, 1.807) is 34.3 Å². The van der Waals surface area contributed by atoms with Crippen LogP contribution in [0.1, 0.15) is 41.5 Å². The number of nitrogens with zero attached hydrogens (tertiary/aromatic N) is 2. The van der Waals surface area contributed by atoms with Crippen LogP contribution in [-0.2, 0) is 11.2 Å². The maximum absolute atomic E-state index is 13.4. The molecule has 0 radical (unpaired) electrons. The second-order valence-electron chi connectivity index (χ2n) is 9.25. The van der Waals surface area contributed by atoms with E-state index in [0.717, 1.165) is 35.5 Å². The SMILES string of the molecule is CN(C(=O)C1CSc2c(C3CC3)c(Cc3cccc4ccccc34)cc(=O)n21)c1ccccc1. The number of aromatic nitrogens is 1. The van der Waals surface area contributed by atoms with Crippen LogP contribution in [0.4, 0.5) is 5.69 Å². The Morgan fingerprint density at radius 1 is 0.971 bits per heavy atom. The molecule has 2 aliphatic rings. The lowest BCUT2D eigenvalue weighted by Crippen LogP contribution is -2.38. The number of rotatable bonds is 5. The number of hydrogen-bond donors (Lipinski definition) is 0. The van der Waals surface area contributed by atoms with Crippen molar-refractivity contribution in [2.24, 2.45) is 0 Å². The van der Waals surface area contributed by atoms with E-state index in [-0.39, 0.29) is 11.5 Å². The van der Waals surface area contributed by atoms with Gasteiger partial charge < -0.3 is 4.90 Å². The quantitative estimate of drug-likeness (QED) is 0.374. The van der Waals surface area contributed by atoms with Gasteiger partial charge in [0.15, 0.2) is 0 Å². The Labute approximate surface area is 203 Å². The molecule has 1 aliphatic carbocycles. The molecule has 1 aliphatic heterocycles. The minimum atomic E-state index is -0.471. The van der Waals surface area contributed by atoms with Gasteiger partial charge in [-0.3, -0.25) is 14.2 Å². The smallest absolute Gasteiger partial charge is 0.252 e. The Kier molecular flexibility index (Phi) is 5.30. The first-order valence-corrected chi connectivity index (χ1v) is 12.8. The molecule has 3 aromatic carbocycles. The van der Waals surface area contributed by atoms with E-state index in [9.17, 15) is 9.59 Å². The first kappa shape index (κ1) is 21.2. The minimum Gasteiger partial charge on any atom is -0.314 e. The molecule has 1 fully saturated rings. The normalized spacial score (nSPS) is 17.0. The lowest BCUT2D eigenvalue weighted by molar-refractivity contribution is -0.120. The maximum atomic E-state index is 13.4. The van der Waals surface area contributed by atoms with Crippen LogP contribution in [0.25, 0.3) is 10.8 Å². The number of carbonyl (C=O) groups is 1. The standard InChI is InChI=1S/C29H26N2O2S/c1-30(23-11-3-2-4-12-23)28(33)25-18-34-29-27(20-14-15-20)22(17-26(32)31(25)29)16-21-10-7-9-19-8-5-6-13-24(19)21/h2-13,17,20,25H,14-16,18H2,1H3. The van der Waals surface area contributed by atoms with Crippen LogP contribution < -0.4 is 10.5 Å². The van der Waals surface area contributed by atoms with Gasteiger partial charge >= 0.3 is 0 Å². The van der Waals surface area contributed by atoms with E-state index in [1.165, 1.54) is 21.9 Å². The number of likely N-dealkylation sites (N-methyl/N-ethyl adjacent to an activating group) is 1. The Morgan fingerprint density at radius 2 is 1.71 bits per heavy atom. The van der Waals surface area contributed by atoms with Crippen LogP contribution in [0.5, 0.6) is 0 Å². The van der Waals surface area contributed by atoms with E-state index in [1.807, 2.05) is 30.3 Å². The average molecular weight is 467 g/mol. The molecule has 0 bridgehead atoms. The Morgan fingerprint density at radius 3 is 2.50 bits per heavy atom. The number of benzene rings is 3. The zero-order valence-corrected chi connectivity index (χ0v) is 19.9. The van der Waals surface area contributed by atoms with Crippen LogP contribution in [0.2, 0.25) is 0 Å². The molecule has 6 rings (SSSR count). The number of amides is 1. The Hall–Kier alpha value is -3.31. The molecule has 5 heteroatoms. The molecule has 4 nitrogen and oxygen atoms in total. The van der Waals surface area contributed by atoms with Gasteiger partial charge in [-0.2, -0.15) is 0 Å². The van der Waals surface area contributed by atoms with Crippen LogP contribution >= 0.6 is 11.8 Å². The van der Waals surface area contributed by atoms with Gasteiger partial charge in [-0.25, -0.2) is 0 Å². The molecule has 1 saturated carbocycles. The fourth-order valence-electron chi connectivity index (χ4n) is 5.13. The highest BCUT2D eigenvalue weighted by atomic mass is 32.2. The Bertz CT molecular complexity index is 1450. The van der Waals surface area contributed by atoms with Crippen molar-refractivity contribution in [1.29, 1.82) is 0 Å². The van der Waals surface area contributed by atoms with Crippen LogP contribution in [0, 0.1) is 0 Å². The number of anilines is 1. The summed E-state index contributed by atoms with van der Waals surface area (Å²) in [7, 11) is 1.79. The lowest BCUT2D eigenvalue weighted by atomic mass is 9.95. The molecular formula is C29H26N2O2S. The van der Waals surface area contributed by atoms with Crippen molar-refractivity contribution in [1.82, 2.24) is 4.57 Å². The summed E-state index contributed by atoms with van der Waals surface area (Å²) in [6, 6.07) is 25.8. The van der Waals surface area contributed by atoms with E-state index in [2.05, 4.69) is 42.5 Å². The third-order valence-corrected chi connectivity index (χ3v) is 8.20. The molecule has 1 unspecified atom stereocenters. The number of carbonyl (C=O) groups excluding carboxylic acids is 1. The van der Waals surface area contributed by atoms with Gasteiger partial charge in [-0.05, 0) is 64.8 Å². The van der Waals surface area contributed by atoms with Gasteiger partial charge in [-0.1, -0.05) is 60.7 Å². The highest BCUT2D eigenvalue weighted by Gasteiger charge is 2.38. The number of pyridine rings is 1. The fraction of sp³-hybridized carbons (Fsp3) is 0.241. The van der Waals surface area contributed by atoms with Gasteiger partial charge in [-0.15, -0.1) is 11.8 Å². The molecule has 1 atom stereocenters. The van der Waals surface area contributed by atoms with Crippen molar-refractivity contribution < 1.29 is 4.79 Å². The maximum Gasteiger partial charge on any atom is 0.252 e. The average Bonchev–Trinajstić information content (AvgIpc) is 3.61. The molecule has 0 saturated heterocycles. The Balaban J connectivity index is 1.40. The molecule has 4 aromatic rings. The predicted octanol–water partition coefficient (Wildman–Crippen LogP) is 5.78. The molecule has 0 N–H and O–H groups in total. The second-order valence-corrected chi connectivity index (χ2v) is 10.3. The highest BCUT2D eigenvalue weighted by molar-refractivity contribution is 7.99. The molecular weight excluding hydrogens is 440 g/mol. The van der Waals surface area contributed by atoms with E-state index >= 15 is 0 Å². The van der Waals surface area contributed by atoms with E-state index in [4.69, 9.17) is 0 Å². The van der Waals surface area contributed by atoms with Crippen molar-refractivity contribution in [3.8, 4) is 0 Å². The number of fused-ring (bicyclic) bond motifs is 2. The minimum absolute atomic E-state index is 0.0388. The molecule has 34 heavy (non-hydrogen) atoms. The number of hydrogen-bond acceptors (Lipinski definition) is 3. The molecule has 1 amide bonds. The van der Waals surface area contributed by atoms with Crippen molar-refractivity contribution in [3.05, 3.63) is 106 Å². The number of thioether (sulfide) groups is 1. The van der Waals surface area contributed by atoms with E-state index in [0.29, 0.717) is 11.7 Å². The fourth-order valence-corrected chi connectivity index (χ4v) is 6.55.